The van der Waals surface area contributed by atoms with Gasteiger partial charge in [-0.3, -0.25) is 4.68 Å². The molecule has 0 fully saturated rings. The van der Waals surface area contributed by atoms with Crippen molar-refractivity contribution in [1.29, 1.82) is 0 Å². The normalized spacial score (nSPS) is 12.6. The molecule has 0 aliphatic carbocycles. The zero-order chi connectivity index (χ0) is 15.4. The Bertz CT molecular complexity index is 608. The van der Waals surface area contributed by atoms with Crippen LogP contribution < -0.4 is 5.32 Å². The predicted octanol–water partition coefficient (Wildman–Crippen LogP) is 4.84. The van der Waals surface area contributed by atoms with Crippen LogP contribution in [0.5, 0.6) is 0 Å². The van der Waals surface area contributed by atoms with Gasteiger partial charge in [-0.25, -0.2) is 0 Å². The number of nitrogens with one attached hydrogen (secondary N) is 1. The lowest BCUT2D eigenvalue weighted by Gasteiger charge is -2.15. The van der Waals surface area contributed by atoms with Crippen LogP contribution in [0.2, 0.25) is 0 Å². The van der Waals surface area contributed by atoms with E-state index < -0.39 is 0 Å². The van der Waals surface area contributed by atoms with Gasteiger partial charge < -0.3 is 5.32 Å². The molecule has 1 heterocycles. The Hall–Kier alpha value is -0.650. The van der Waals surface area contributed by atoms with E-state index in [0.29, 0.717) is 6.04 Å². The van der Waals surface area contributed by atoms with Gasteiger partial charge in [0.1, 0.15) is 0 Å². The van der Waals surface area contributed by atoms with Crippen molar-refractivity contribution in [2.75, 3.05) is 0 Å². The van der Waals surface area contributed by atoms with E-state index in [9.17, 15) is 0 Å². The number of benzene rings is 1. The Morgan fingerprint density at radius 3 is 2.67 bits per heavy atom. The highest BCUT2D eigenvalue weighted by molar-refractivity contribution is 9.10. The summed E-state index contributed by atoms with van der Waals surface area (Å²) < 4.78 is 4.33. The van der Waals surface area contributed by atoms with Gasteiger partial charge in [0.2, 0.25) is 0 Å². The molecule has 1 aromatic heterocycles. The Morgan fingerprint density at radius 1 is 1.29 bits per heavy atom. The highest BCUT2D eigenvalue weighted by atomic mass is 79.9. The number of aryl methyl sites for hydroxylation is 2. The second-order valence-electron chi connectivity index (χ2n) is 5.03. The fraction of sp³-hybridized carbons (Fsp3) is 0.438. The molecule has 0 unspecified atom stereocenters. The number of nitrogens with zero attached hydrogens (tertiary/aromatic N) is 2. The maximum atomic E-state index is 4.63. The van der Waals surface area contributed by atoms with Gasteiger partial charge in [-0.05, 0) is 53.9 Å². The summed E-state index contributed by atoms with van der Waals surface area (Å²) in [6.07, 6.45) is 0.946. The average molecular weight is 415 g/mol. The standard InChI is InChI=1S/C16H21Br2N3/c1-4-14-16(18)15(21(5-2)20-14)10-19-11(3)12-7-6-8-13(17)9-12/h6-9,11,19H,4-5,10H2,1-3H3/t11-/m1/s1. The molecule has 0 spiro atoms. The van der Waals surface area contributed by atoms with E-state index in [-0.39, 0.29) is 0 Å². The van der Waals surface area contributed by atoms with Crippen LogP contribution >= 0.6 is 31.9 Å². The molecule has 0 bridgehead atoms. The minimum atomic E-state index is 0.291. The highest BCUT2D eigenvalue weighted by Gasteiger charge is 2.14. The molecular formula is C16H21Br2N3. The van der Waals surface area contributed by atoms with Gasteiger partial charge in [-0.2, -0.15) is 5.10 Å². The second-order valence-corrected chi connectivity index (χ2v) is 6.74. The number of rotatable bonds is 6. The first-order valence-electron chi connectivity index (χ1n) is 7.29. The van der Waals surface area contributed by atoms with E-state index in [4.69, 9.17) is 0 Å². The Labute approximate surface area is 143 Å². The van der Waals surface area contributed by atoms with Crippen molar-refractivity contribution in [3.05, 3.63) is 50.2 Å². The minimum Gasteiger partial charge on any atom is -0.305 e. The minimum absolute atomic E-state index is 0.291. The first-order chi connectivity index (χ1) is 10.1. The van der Waals surface area contributed by atoms with Crippen LogP contribution in [0.25, 0.3) is 0 Å². The number of hydrogen-bond donors (Lipinski definition) is 1. The summed E-state index contributed by atoms with van der Waals surface area (Å²) >= 11 is 7.21. The van der Waals surface area contributed by atoms with Crippen molar-refractivity contribution >= 4 is 31.9 Å². The van der Waals surface area contributed by atoms with Crippen molar-refractivity contribution in [2.24, 2.45) is 0 Å². The first-order valence-corrected chi connectivity index (χ1v) is 8.88. The molecule has 5 heteroatoms. The quantitative estimate of drug-likeness (QED) is 0.732. The zero-order valence-electron chi connectivity index (χ0n) is 12.7. The topological polar surface area (TPSA) is 29.9 Å². The lowest BCUT2D eigenvalue weighted by molar-refractivity contribution is 0.529. The Morgan fingerprint density at radius 2 is 2.05 bits per heavy atom. The average Bonchev–Trinajstić information content (AvgIpc) is 2.80. The number of hydrogen-bond acceptors (Lipinski definition) is 2. The lowest BCUT2D eigenvalue weighted by atomic mass is 10.1. The third-order valence-electron chi connectivity index (χ3n) is 3.62. The molecular weight excluding hydrogens is 394 g/mol. The smallest absolute Gasteiger partial charge is 0.0767 e. The summed E-state index contributed by atoms with van der Waals surface area (Å²) in [6, 6.07) is 8.71. The molecule has 0 radical (unpaired) electrons. The third kappa shape index (κ3) is 3.96. The van der Waals surface area contributed by atoms with Gasteiger partial charge >= 0.3 is 0 Å². The largest absolute Gasteiger partial charge is 0.305 e. The maximum absolute atomic E-state index is 4.63. The van der Waals surface area contributed by atoms with Crippen molar-refractivity contribution in [1.82, 2.24) is 15.1 Å². The molecule has 0 amide bonds. The molecule has 2 aromatic rings. The van der Waals surface area contributed by atoms with E-state index in [1.54, 1.807) is 0 Å². The van der Waals surface area contributed by atoms with E-state index in [2.05, 4.69) is 85.9 Å². The van der Waals surface area contributed by atoms with E-state index in [1.165, 1.54) is 11.3 Å². The van der Waals surface area contributed by atoms with Crippen LogP contribution in [-0.2, 0) is 19.5 Å². The molecule has 1 N–H and O–H groups in total. The fourth-order valence-electron chi connectivity index (χ4n) is 2.33. The first kappa shape index (κ1) is 16.7. The number of aromatic nitrogens is 2. The van der Waals surface area contributed by atoms with Crippen molar-refractivity contribution in [2.45, 2.75) is 46.3 Å². The van der Waals surface area contributed by atoms with Gasteiger partial charge in [0, 0.05) is 23.6 Å². The van der Waals surface area contributed by atoms with Crippen molar-refractivity contribution in [3.63, 3.8) is 0 Å². The van der Waals surface area contributed by atoms with Crippen LogP contribution in [-0.4, -0.2) is 9.78 Å². The highest BCUT2D eigenvalue weighted by Crippen LogP contribution is 2.24. The molecule has 1 atom stereocenters. The second kappa shape index (κ2) is 7.56. The van der Waals surface area contributed by atoms with Gasteiger partial charge in [0.25, 0.3) is 0 Å². The third-order valence-corrected chi connectivity index (χ3v) is 5.03. The van der Waals surface area contributed by atoms with E-state index in [1.807, 2.05) is 6.07 Å². The van der Waals surface area contributed by atoms with Crippen LogP contribution in [0.4, 0.5) is 0 Å². The number of halogens is 2. The van der Waals surface area contributed by atoms with Crippen molar-refractivity contribution < 1.29 is 0 Å². The lowest BCUT2D eigenvalue weighted by Crippen LogP contribution is -2.20. The van der Waals surface area contributed by atoms with E-state index >= 15 is 0 Å². The molecule has 114 valence electrons. The summed E-state index contributed by atoms with van der Waals surface area (Å²) in [7, 11) is 0. The summed E-state index contributed by atoms with van der Waals surface area (Å²) in [5.41, 5.74) is 3.62. The van der Waals surface area contributed by atoms with Gasteiger partial charge in [-0.15, -0.1) is 0 Å². The van der Waals surface area contributed by atoms with Crippen LogP contribution in [0.15, 0.2) is 33.2 Å². The van der Waals surface area contributed by atoms with Gasteiger partial charge in [-0.1, -0.05) is 35.0 Å². The van der Waals surface area contributed by atoms with Gasteiger partial charge in [0.15, 0.2) is 0 Å². The molecule has 0 aliphatic rings. The summed E-state index contributed by atoms with van der Waals surface area (Å²) in [5, 5.41) is 8.22. The SMILES string of the molecule is CCc1nn(CC)c(CN[C@H](C)c2cccc(Br)c2)c1Br. The molecule has 3 nitrogen and oxygen atoms in total. The molecule has 21 heavy (non-hydrogen) atoms. The Balaban J connectivity index is 2.11. The van der Waals surface area contributed by atoms with Crippen LogP contribution in [0.1, 0.15) is 43.8 Å². The maximum Gasteiger partial charge on any atom is 0.0767 e. The molecule has 0 saturated carbocycles. The van der Waals surface area contributed by atoms with Crippen molar-refractivity contribution in [3.8, 4) is 0 Å². The predicted molar refractivity (Wildman–Crippen MR) is 94.4 cm³/mol. The van der Waals surface area contributed by atoms with E-state index in [0.717, 1.165) is 34.1 Å². The summed E-state index contributed by atoms with van der Waals surface area (Å²) in [4.78, 5) is 0. The molecule has 0 aliphatic heterocycles. The monoisotopic (exact) mass is 413 g/mol. The van der Waals surface area contributed by atoms with Crippen LogP contribution in [0.3, 0.4) is 0 Å². The Kier molecular flexibility index (Phi) is 6.02. The fourth-order valence-corrected chi connectivity index (χ4v) is 3.45. The van der Waals surface area contributed by atoms with Gasteiger partial charge in [0.05, 0.1) is 15.9 Å². The molecule has 1 aromatic carbocycles. The molecule has 0 saturated heterocycles. The van der Waals surface area contributed by atoms with Crippen LogP contribution in [0, 0.1) is 0 Å². The molecule has 2 rings (SSSR count). The summed E-state index contributed by atoms with van der Waals surface area (Å²) in [5.74, 6) is 0. The summed E-state index contributed by atoms with van der Waals surface area (Å²) in [6.45, 7) is 8.13. The zero-order valence-corrected chi connectivity index (χ0v) is 15.8.